The van der Waals surface area contributed by atoms with Gasteiger partial charge in [-0.1, -0.05) is 0 Å². The van der Waals surface area contributed by atoms with Crippen LogP contribution in [0.3, 0.4) is 0 Å². The first-order chi connectivity index (χ1) is 6.74. The molecule has 0 bridgehead atoms. The summed E-state index contributed by atoms with van der Waals surface area (Å²) in [6, 6.07) is 5.67. The fraction of sp³-hybridized carbons (Fsp3) is 0.125. The van der Waals surface area contributed by atoms with Crippen molar-refractivity contribution in [3.63, 3.8) is 0 Å². The van der Waals surface area contributed by atoms with E-state index < -0.39 is 4.92 Å². The lowest BCUT2D eigenvalue weighted by Gasteiger charge is -1.92. The van der Waals surface area contributed by atoms with E-state index in [1.54, 1.807) is 0 Å². The first kappa shape index (κ1) is 10.3. The van der Waals surface area contributed by atoms with E-state index in [0.29, 0.717) is 5.69 Å². The Morgan fingerprint density at radius 3 is 2.64 bits per heavy atom. The summed E-state index contributed by atoms with van der Waals surface area (Å²) in [5.74, 6) is 0. The smallest absolute Gasteiger partial charge is 0.260 e. The maximum Gasteiger partial charge on any atom is 0.269 e. The minimum Gasteiger partial charge on any atom is -0.260 e. The molecule has 5 nitrogen and oxygen atoms in total. The Kier molecular flexibility index (Phi) is 3.69. The molecule has 0 saturated carbocycles. The van der Waals surface area contributed by atoms with E-state index in [1.807, 2.05) is 0 Å². The number of non-ortho nitro benzene ring substituents is 1. The molecule has 1 rings (SSSR count). The molecule has 0 aromatic heterocycles. The molecule has 0 heterocycles. The van der Waals surface area contributed by atoms with E-state index in [-0.39, 0.29) is 12.2 Å². The second-order valence-electron chi connectivity index (χ2n) is 2.42. The van der Waals surface area contributed by atoms with Crippen LogP contribution in [0.5, 0.6) is 0 Å². The molecule has 0 atom stereocenters. The summed E-state index contributed by atoms with van der Waals surface area (Å²) in [6.45, 7) is 0.0109. The number of halogens is 1. The molecule has 0 aliphatic heterocycles. The number of nitrogens with zero attached hydrogens (tertiary/aromatic N) is 2. The lowest BCUT2D eigenvalue weighted by Crippen LogP contribution is -2.02. The van der Waals surface area contributed by atoms with Gasteiger partial charge in [0.1, 0.15) is 0 Å². The number of benzene rings is 1. The molecule has 1 aromatic rings. The van der Waals surface area contributed by atoms with Gasteiger partial charge < -0.3 is 0 Å². The van der Waals surface area contributed by atoms with Gasteiger partial charge in [-0.15, -0.1) is 4.48 Å². The highest BCUT2D eigenvalue weighted by molar-refractivity contribution is 5.65. The van der Waals surface area contributed by atoms with Crippen molar-refractivity contribution in [2.45, 2.75) is 0 Å². The first-order valence-electron chi connectivity index (χ1n) is 3.84. The van der Waals surface area contributed by atoms with E-state index in [1.165, 1.54) is 36.0 Å². The van der Waals surface area contributed by atoms with Crippen molar-refractivity contribution in [2.75, 3.05) is 6.54 Å². The fourth-order valence-electron chi connectivity index (χ4n) is 0.846. The number of nitro groups is 1. The van der Waals surface area contributed by atoms with Gasteiger partial charge in [-0.25, -0.2) is 0 Å². The first-order valence-corrected chi connectivity index (χ1v) is 3.84. The molecule has 1 N–H and O–H groups in total. The van der Waals surface area contributed by atoms with Crippen LogP contribution in [0.25, 0.3) is 0 Å². The van der Waals surface area contributed by atoms with E-state index >= 15 is 0 Å². The van der Waals surface area contributed by atoms with Gasteiger partial charge in [0.15, 0.2) is 0 Å². The van der Waals surface area contributed by atoms with Crippen molar-refractivity contribution in [2.24, 2.45) is 4.99 Å². The van der Waals surface area contributed by atoms with Crippen LogP contribution in [-0.2, 0) is 0 Å². The summed E-state index contributed by atoms with van der Waals surface area (Å²) >= 11 is 0. The Labute approximate surface area is 79.4 Å². The summed E-state index contributed by atoms with van der Waals surface area (Å²) in [7, 11) is 0. The predicted molar refractivity (Wildman–Crippen MR) is 50.4 cm³/mol. The van der Waals surface area contributed by atoms with Crippen LogP contribution < -0.4 is 5.54 Å². The van der Waals surface area contributed by atoms with Crippen LogP contribution in [-0.4, -0.2) is 17.7 Å². The molecule has 1 aromatic carbocycles. The van der Waals surface area contributed by atoms with Crippen molar-refractivity contribution in [1.82, 2.24) is 5.54 Å². The van der Waals surface area contributed by atoms with Crippen LogP contribution in [0.2, 0.25) is 0 Å². The Hall–Kier alpha value is -1.82. The quantitative estimate of drug-likeness (QED) is 0.346. The number of nitrogens with one attached hydrogen (secondary N) is 1. The van der Waals surface area contributed by atoms with Crippen LogP contribution in [0.15, 0.2) is 29.3 Å². The zero-order valence-electron chi connectivity index (χ0n) is 7.18. The molecule has 0 fully saturated rings. The van der Waals surface area contributed by atoms with E-state index in [0.717, 1.165) is 0 Å². The van der Waals surface area contributed by atoms with Gasteiger partial charge in [-0.3, -0.25) is 15.1 Å². The van der Waals surface area contributed by atoms with E-state index in [2.05, 4.69) is 4.99 Å². The average Bonchev–Trinajstić information content (AvgIpc) is 2.19. The molecule has 0 spiro atoms. The molecular weight excluding hydrogens is 189 g/mol. The third kappa shape index (κ3) is 2.91. The van der Waals surface area contributed by atoms with Crippen molar-refractivity contribution in [1.29, 1.82) is 0 Å². The monoisotopic (exact) mass is 197 g/mol. The third-order valence-corrected chi connectivity index (χ3v) is 1.47. The normalized spacial score (nSPS) is 10.6. The van der Waals surface area contributed by atoms with Crippen molar-refractivity contribution < 1.29 is 9.40 Å². The van der Waals surface area contributed by atoms with E-state index in [4.69, 9.17) is 0 Å². The largest absolute Gasteiger partial charge is 0.269 e. The Bertz CT molecular complexity index is 337. The van der Waals surface area contributed by atoms with Crippen LogP contribution in [0, 0.1) is 10.1 Å². The molecule has 0 unspecified atom stereocenters. The number of hydrogen-bond acceptors (Lipinski definition) is 4. The molecule has 0 aliphatic carbocycles. The molecule has 0 saturated heterocycles. The van der Waals surface area contributed by atoms with Crippen molar-refractivity contribution >= 4 is 17.6 Å². The topological polar surface area (TPSA) is 67.5 Å². The van der Waals surface area contributed by atoms with E-state index in [9.17, 15) is 14.6 Å². The lowest BCUT2D eigenvalue weighted by molar-refractivity contribution is -0.384. The standard InChI is InChI=1S/C8H8FN3O2/c9-11-6-5-10-7-1-3-8(4-2-7)12(13)14/h1-5,11H,6H2. The minimum atomic E-state index is -0.489. The van der Waals surface area contributed by atoms with Crippen LogP contribution >= 0.6 is 0 Å². The van der Waals surface area contributed by atoms with Gasteiger partial charge in [0.05, 0.1) is 17.2 Å². The molecule has 0 radical (unpaired) electrons. The Morgan fingerprint density at radius 2 is 2.14 bits per heavy atom. The molecular formula is C8H8FN3O2. The molecule has 74 valence electrons. The summed E-state index contributed by atoms with van der Waals surface area (Å²) in [5.41, 5.74) is 1.96. The number of rotatable bonds is 4. The molecule has 14 heavy (non-hydrogen) atoms. The van der Waals surface area contributed by atoms with Gasteiger partial charge in [0.2, 0.25) is 0 Å². The number of hydrogen-bond donors (Lipinski definition) is 1. The van der Waals surface area contributed by atoms with Gasteiger partial charge in [0.25, 0.3) is 5.69 Å². The van der Waals surface area contributed by atoms with Gasteiger partial charge >= 0.3 is 0 Å². The highest BCUT2D eigenvalue weighted by atomic mass is 19.2. The maximum atomic E-state index is 11.4. The Balaban J connectivity index is 2.68. The molecule has 0 amide bonds. The van der Waals surface area contributed by atoms with Gasteiger partial charge in [-0.05, 0) is 12.1 Å². The predicted octanol–water partition coefficient (Wildman–Crippen LogP) is 1.77. The SMILES string of the molecule is O=[N+]([O-])c1ccc(N=CCNF)cc1. The lowest BCUT2D eigenvalue weighted by atomic mass is 10.3. The Morgan fingerprint density at radius 1 is 1.50 bits per heavy atom. The number of aliphatic imine (C=N–C) groups is 1. The third-order valence-electron chi connectivity index (χ3n) is 1.47. The zero-order chi connectivity index (χ0) is 10.4. The molecule has 0 aliphatic rings. The average molecular weight is 197 g/mol. The minimum absolute atomic E-state index is 0.00701. The highest BCUT2D eigenvalue weighted by Crippen LogP contribution is 2.17. The molecule has 6 heteroatoms. The summed E-state index contributed by atoms with van der Waals surface area (Å²) in [4.78, 5) is 13.6. The van der Waals surface area contributed by atoms with Crippen LogP contribution in [0.4, 0.5) is 15.9 Å². The highest BCUT2D eigenvalue weighted by Gasteiger charge is 2.02. The number of nitro benzene ring substituents is 1. The fourth-order valence-corrected chi connectivity index (χ4v) is 0.846. The second-order valence-corrected chi connectivity index (χ2v) is 2.42. The van der Waals surface area contributed by atoms with Crippen LogP contribution in [0.1, 0.15) is 0 Å². The maximum absolute atomic E-state index is 11.4. The zero-order valence-corrected chi connectivity index (χ0v) is 7.18. The summed E-state index contributed by atoms with van der Waals surface area (Å²) in [6.07, 6.45) is 1.33. The van der Waals surface area contributed by atoms with Gasteiger partial charge in [0, 0.05) is 18.3 Å². The van der Waals surface area contributed by atoms with Crippen molar-refractivity contribution in [3.05, 3.63) is 34.4 Å². The van der Waals surface area contributed by atoms with Crippen molar-refractivity contribution in [3.8, 4) is 0 Å². The second kappa shape index (κ2) is 5.03. The summed E-state index contributed by atoms with van der Waals surface area (Å²) < 4.78 is 11.4. The summed E-state index contributed by atoms with van der Waals surface area (Å²) in [5, 5.41) is 10.3. The van der Waals surface area contributed by atoms with Gasteiger partial charge in [-0.2, -0.15) is 5.54 Å².